The molecule has 1 aromatic heterocycles. The lowest BCUT2D eigenvalue weighted by Gasteiger charge is -2.11. The minimum Gasteiger partial charge on any atom is -0.481 e. The third kappa shape index (κ3) is 3.39. The molecule has 0 bridgehead atoms. The SMILES string of the molecule is NC(CC(=O)O)C(=O)Nc1cccc(-n2cnnc2)c1. The highest BCUT2D eigenvalue weighted by atomic mass is 16.4. The summed E-state index contributed by atoms with van der Waals surface area (Å²) >= 11 is 0. The van der Waals surface area contributed by atoms with Gasteiger partial charge in [-0.25, -0.2) is 0 Å². The van der Waals surface area contributed by atoms with Crippen molar-refractivity contribution in [1.29, 1.82) is 0 Å². The number of carbonyl (C=O) groups excluding carboxylic acids is 1. The lowest BCUT2D eigenvalue weighted by atomic mass is 10.2. The maximum Gasteiger partial charge on any atom is 0.305 e. The van der Waals surface area contributed by atoms with Gasteiger partial charge in [0, 0.05) is 5.69 Å². The van der Waals surface area contributed by atoms with Crippen molar-refractivity contribution < 1.29 is 14.7 Å². The molecule has 20 heavy (non-hydrogen) atoms. The van der Waals surface area contributed by atoms with Gasteiger partial charge in [0.05, 0.1) is 18.2 Å². The van der Waals surface area contributed by atoms with E-state index in [9.17, 15) is 9.59 Å². The van der Waals surface area contributed by atoms with Gasteiger partial charge in [0.15, 0.2) is 0 Å². The largest absolute Gasteiger partial charge is 0.481 e. The smallest absolute Gasteiger partial charge is 0.305 e. The van der Waals surface area contributed by atoms with Crippen LogP contribution in [0.3, 0.4) is 0 Å². The average molecular weight is 275 g/mol. The maximum absolute atomic E-state index is 11.7. The van der Waals surface area contributed by atoms with Crippen LogP contribution < -0.4 is 11.1 Å². The Kier molecular flexibility index (Phi) is 4.06. The van der Waals surface area contributed by atoms with E-state index in [1.165, 1.54) is 12.7 Å². The molecule has 0 spiro atoms. The maximum atomic E-state index is 11.7. The summed E-state index contributed by atoms with van der Waals surface area (Å²) in [5, 5.41) is 18.5. The number of amides is 1. The molecule has 0 aliphatic rings. The summed E-state index contributed by atoms with van der Waals surface area (Å²) in [5.74, 6) is -1.67. The Morgan fingerprint density at radius 2 is 2.05 bits per heavy atom. The van der Waals surface area contributed by atoms with Gasteiger partial charge < -0.3 is 16.2 Å². The molecular formula is C12H13N5O3. The Bertz CT molecular complexity index is 611. The second-order valence-corrected chi connectivity index (χ2v) is 4.11. The van der Waals surface area contributed by atoms with E-state index in [4.69, 9.17) is 10.8 Å². The van der Waals surface area contributed by atoms with Gasteiger partial charge in [-0.3, -0.25) is 14.2 Å². The van der Waals surface area contributed by atoms with Crippen molar-refractivity contribution in [2.45, 2.75) is 12.5 Å². The van der Waals surface area contributed by atoms with Crippen LogP contribution in [-0.4, -0.2) is 37.8 Å². The van der Waals surface area contributed by atoms with Gasteiger partial charge in [0.1, 0.15) is 12.7 Å². The molecule has 0 saturated heterocycles. The van der Waals surface area contributed by atoms with Gasteiger partial charge in [0.25, 0.3) is 0 Å². The van der Waals surface area contributed by atoms with Crippen molar-refractivity contribution in [2.75, 3.05) is 5.32 Å². The zero-order valence-electron chi connectivity index (χ0n) is 10.4. The first-order chi connectivity index (χ1) is 9.56. The Balaban J connectivity index is 2.08. The zero-order chi connectivity index (χ0) is 14.5. The molecule has 104 valence electrons. The minimum absolute atomic E-state index is 0.420. The van der Waals surface area contributed by atoms with Crippen molar-refractivity contribution in [3.05, 3.63) is 36.9 Å². The number of benzene rings is 1. The van der Waals surface area contributed by atoms with Crippen LogP contribution in [0.5, 0.6) is 0 Å². The number of carboxylic acids is 1. The van der Waals surface area contributed by atoms with E-state index in [1.54, 1.807) is 22.8 Å². The van der Waals surface area contributed by atoms with Gasteiger partial charge in [-0.2, -0.15) is 0 Å². The lowest BCUT2D eigenvalue weighted by molar-refractivity contribution is -0.138. The van der Waals surface area contributed by atoms with Crippen LogP contribution in [0.4, 0.5) is 5.69 Å². The standard InChI is InChI=1S/C12H13N5O3/c13-10(5-11(18)19)12(20)16-8-2-1-3-9(4-8)17-6-14-15-7-17/h1-4,6-7,10H,5,13H2,(H,16,20)(H,18,19). The third-order valence-corrected chi connectivity index (χ3v) is 2.56. The number of rotatable bonds is 5. The lowest BCUT2D eigenvalue weighted by Crippen LogP contribution is -2.37. The summed E-state index contributed by atoms with van der Waals surface area (Å²) in [5.41, 5.74) is 6.76. The predicted molar refractivity (Wildman–Crippen MR) is 70.2 cm³/mol. The first-order valence-electron chi connectivity index (χ1n) is 5.79. The van der Waals surface area contributed by atoms with Crippen molar-refractivity contribution in [3.63, 3.8) is 0 Å². The van der Waals surface area contributed by atoms with E-state index in [2.05, 4.69) is 15.5 Å². The highest BCUT2D eigenvalue weighted by Crippen LogP contribution is 2.14. The molecule has 0 saturated carbocycles. The fourth-order valence-electron chi connectivity index (χ4n) is 1.59. The Labute approximate surface area is 114 Å². The molecule has 2 aromatic rings. The zero-order valence-corrected chi connectivity index (χ0v) is 10.4. The molecule has 2 rings (SSSR count). The quantitative estimate of drug-likeness (QED) is 0.706. The molecule has 0 radical (unpaired) electrons. The highest BCUT2D eigenvalue weighted by Gasteiger charge is 2.17. The molecular weight excluding hydrogens is 262 g/mol. The number of aliphatic carboxylic acids is 1. The van der Waals surface area contributed by atoms with Crippen molar-refractivity contribution in [2.24, 2.45) is 5.73 Å². The minimum atomic E-state index is -1.12. The van der Waals surface area contributed by atoms with Crippen LogP contribution >= 0.6 is 0 Å². The Morgan fingerprint density at radius 1 is 1.35 bits per heavy atom. The molecule has 0 fully saturated rings. The van der Waals surface area contributed by atoms with Crippen molar-refractivity contribution in [3.8, 4) is 5.69 Å². The number of aromatic nitrogens is 3. The fourth-order valence-corrected chi connectivity index (χ4v) is 1.59. The van der Waals surface area contributed by atoms with Crippen LogP contribution in [0.1, 0.15) is 6.42 Å². The van der Waals surface area contributed by atoms with Crippen LogP contribution in [0.15, 0.2) is 36.9 Å². The van der Waals surface area contributed by atoms with Crippen LogP contribution in [0.25, 0.3) is 5.69 Å². The summed E-state index contributed by atoms with van der Waals surface area (Å²) in [4.78, 5) is 22.2. The summed E-state index contributed by atoms with van der Waals surface area (Å²) in [7, 11) is 0. The van der Waals surface area contributed by atoms with E-state index in [-0.39, 0.29) is 0 Å². The average Bonchev–Trinajstić information content (AvgIpc) is 2.92. The van der Waals surface area contributed by atoms with E-state index in [0.717, 1.165) is 5.69 Å². The van der Waals surface area contributed by atoms with Crippen LogP contribution in [-0.2, 0) is 9.59 Å². The predicted octanol–water partition coefficient (Wildman–Crippen LogP) is 0.00780. The molecule has 1 amide bonds. The van der Waals surface area contributed by atoms with E-state index < -0.39 is 24.3 Å². The number of nitrogens with one attached hydrogen (secondary N) is 1. The monoisotopic (exact) mass is 275 g/mol. The summed E-state index contributed by atoms with van der Waals surface area (Å²) < 4.78 is 1.67. The molecule has 1 heterocycles. The second kappa shape index (κ2) is 5.93. The summed E-state index contributed by atoms with van der Waals surface area (Å²) in [6.07, 6.45) is 2.63. The molecule has 0 aliphatic heterocycles. The van der Waals surface area contributed by atoms with E-state index >= 15 is 0 Å². The number of hydrogen-bond donors (Lipinski definition) is 3. The topological polar surface area (TPSA) is 123 Å². The van der Waals surface area contributed by atoms with Gasteiger partial charge in [-0.1, -0.05) is 6.07 Å². The molecule has 1 atom stereocenters. The van der Waals surface area contributed by atoms with Gasteiger partial charge in [-0.15, -0.1) is 10.2 Å². The number of carboxylic acid groups (broad SMARTS) is 1. The fraction of sp³-hybridized carbons (Fsp3) is 0.167. The molecule has 1 aromatic carbocycles. The summed E-state index contributed by atoms with van der Waals surface area (Å²) in [6, 6.07) is 5.85. The van der Waals surface area contributed by atoms with E-state index in [1.807, 2.05) is 6.07 Å². The number of nitrogens with zero attached hydrogens (tertiary/aromatic N) is 3. The third-order valence-electron chi connectivity index (χ3n) is 2.56. The normalized spacial score (nSPS) is 11.8. The van der Waals surface area contributed by atoms with Crippen LogP contribution in [0.2, 0.25) is 0 Å². The Morgan fingerprint density at radius 3 is 2.70 bits per heavy atom. The highest BCUT2D eigenvalue weighted by molar-refractivity contribution is 5.96. The van der Waals surface area contributed by atoms with Crippen molar-refractivity contribution >= 4 is 17.6 Å². The first kappa shape index (κ1) is 13.7. The molecule has 1 unspecified atom stereocenters. The molecule has 0 aliphatic carbocycles. The first-order valence-corrected chi connectivity index (χ1v) is 5.79. The van der Waals surface area contributed by atoms with Crippen molar-refractivity contribution in [1.82, 2.24) is 14.8 Å². The summed E-state index contributed by atoms with van der Waals surface area (Å²) in [6.45, 7) is 0. The van der Waals surface area contributed by atoms with Crippen LogP contribution in [0, 0.1) is 0 Å². The Hall–Kier alpha value is -2.74. The second-order valence-electron chi connectivity index (χ2n) is 4.11. The number of nitrogens with two attached hydrogens (primary N) is 1. The van der Waals surface area contributed by atoms with Gasteiger partial charge in [-0.05, 0) is 18.2 Å². The number of anilines is 1. The molecule has 8 nitrogen and oxygen atoms in total. The molecule has 8 heteroatoms. The molecule has 4 N–H and O–H groups in total. The van der Waals surface area contributed by atoms with Gasteiger partial charge >= 0.3 is 5.97 Å². The van der Waals surface area contributed by atoms with Gasteiger partial charge in [0.2, 0.25) is 5.91 Å². The number of carbonyl (C=O) groups is 2. The number of hydrogen-bond acceptors (Lipinski definition) is 5. The van der Waals surface area contributed by atoms with E-state index in [0.29, 0.717) is 5.69 Å².